The van der Waals surface area contributed by atoms with Gasteiger partial charge in [0, 0.05) is 19.3 Å². The van der Waals surface area contributed by atoms with E-state index in [9.17, 15) is 34.5 Å². The van der Waals surface area contributed by atoms with Crippen molar-refractivity contribution in [2.75, 3.05) is 13.2 Å². The molecule has 0 aliphatic carbocycles. The first-order valence-corrected chi connectivity index (χ1v) is 29.5. The van der Waals surface area contributed by atoms with Crippen LogP contribution in [0.1, 0.15) is 213 Å². The molecule has 1 heterocycles. The van der Waals surface area contributed by atoms with E-state index >= 15 is 0 Å². The molecule has 434 valence electrons. The SMILES string of the molecule is CC/C=C\C/C=C\C/C=C\C/C=C\C/C=C\C/C=C\CCC(=O)OCC(COC1OC(C(=O)O)C(O)C(O)C1OC(=O)CCCCC/C=C\C/C=C\C/C=C\CC)OC(=O)CCCCCCC/C=C\CCCCCCCC. The van der Waals surface area contributed by atoms with Crippen LogP contribution in [0.5, 0.6) is 0 Å². The fourth-order valence-corrected chi connectivity index (χ4v) is 8.05. The van der Waals surface area contributed by atoms with Crippen molar-refractivity contribution in [3.05, 3.63) is 122 Å². The molecular weight excluding hydrogens is 973 g/mol. The van der Waals surface area contributed by atoms with Crippen LogP contribution in [-0.4, -0.2) is 89.2 Å². The number of hydrogen-bond donors (Lipinski definition) is 3. The average molecular weight is 1080 g/mol. The molecule has 77 heavy (non-hydrogen) atoms. The van der Waals surface area contributed by atoms with Crippen LogP contribution >= 0.6 is 0 Å². The number of carbonyl (C=O) groups is 4. The van der Waals surface area contributed by atoms with Crippen LogP contribution in [0.3, 0.4) is 0 Å². The lowest BCUT2D eigenvalue weighted by molar-refractivity contribution is -0.301. The number of carboxylic acids is 1. The monoisotopic (exact) mass is 1070 g/mol. The minimum atomic E-state index is -1.93. The number of carbonyl (C=O) groups excluding carboxylic acids is 3. The van der Waals surface area contributed by atoms with Gasteiger partial charge in [0.15, 0.2) is 24.6 Å². The second-order valence-corrected chi connectivity index (χ2v) is 19.5. The van der Waals surface area contributed by atoms with Crippen molar-refractivity contribution in [3.8, 4) is 0 Å². The summed E-state index contributed by atoms with van der Waals surface area (Å²) in [5, 5.41) is 31.4. The molecule has 0 saturated carbocycles. The summed E-state index contributed by atoms with van der Waals surface area (Å²) in [5.41, 5.74) is 0. The maximum absolute atomic E-state index is 13.1. The topological polar surface area (TPSA) is 175 Å². The zero-order chi connectivity index (χ0) is 56.1. The summed E-state index contributed by atoms with van der Waals surface area (Å²) in [5.74, 6) is -3.30. The van der Waals surface area contributed by atoms with Crippen molar-refractivity contribution in [3.63, 3.8) is 0 Å². The summed E-state index contributed by atoms with van der Waals surface area (Å²) in [4.78, 5) is 51.1. The molecule has 0 bridgehead atoms. The van der Waals surface area contributed by atoms with Crippen LogP contribution in [-0.2, 0) is 42.9 Å². The van der Waals surface area contributed by atoms with Crippen molar-refractivity contribution in [1.82, 2.24) is 0 Å². The van der Waals surface area contributed by atoms with E-state index < -0.39 is 67.3 Å². The highest BCUT2D eigenvalue weighted by Gasteiger charge is 2.50. The van der Waals surface area contributed by atoms with Gasteiger partial charge in [-0.1, -0.05) is 200 Å². The van der Waals surface area contributed by atoms with Crippen molar-refractivity contribution in [2.45, 2.75) is 250 Å². The Morgan fingerprint density at radius 2 is 0.844 bits per heavy atom. The fraction of sp³-hybridized carbons (Fsp3) is 0.631. The number of aliphatic carboxylic acids is 1. The van der Waals surface area contributed by atoms with Gasteiger partial charge in [-0.25, -0.2) is 4.79 Å². The highest BCUT2D eigenvalue weighted by molar-refractivity contribution is 5.74. The molecule has 0 spiro atoms. The number of allylic oxidation sites excluding steroid dienone is 20. The number of hydrogen-bond acceptors (Lipinski definition) is 11. The van der Waals surface area contributed by atoms with Crippen LogP contribution in [0.4, 0.5) is 0 Å². The molecule has 1 aliphatic heterocycles. The third kappa shape index (κ3) is 41.8. The second kappa shape index (κ2) is 51.9. The summed E-state index contributed by atoms with van der Waals surface area (Å²) in [6.45, 7) is 5.66. The van der Waals surface area contributed by atoms with E-state index in [0.29, 0.717) is 19.3 Å². The number of unbranched alkanes of at least 4 members (excludes halogenated alkanes) is 14. The Morgan fingerprint density at radius 1 is 0.442 bits per heavy atom. The van der Waals surface area contributed by atoms with Gasteiger partial charge in [0.25, 0.3) is 0 Å². The third-order valence-electron chi connectivity index (χ3n) is 12.5. The van der Waals surface area contributed by atoms with E-state index in [4.69, 9.17) is 23.7 Å². The van der Waals surface area contributed by atoms with Gasteiger partial charge >= 0.3 is 23.9 Å². The quantitative estimate of drug-likeness (QED) is 0.0228. The number of esters is 3. The smallest absolute Gasteiger partial charge is 0.335 e. The molecule has 3 N–H and O–H groups in total. The first kappa shape index (κ1) is 70.1. The van der Waals surface area contributed by atoms with Crippen molar-refractivity contribution < 1.29 is 58.2 Å². The van der Waals surface area contributed by atoms with Crippen LogP contribution in [0.15, 0.2) is 122 Å². The highest BCUT2D eigenvalue weighted by atomic mass is 16.7. The van der Waals surface area contributed by atoms with Crippen molar-refractivity contribution in [1.29, 1.82) is 0 Å². The minimum absolute atomic E-state index is 0.0112. The molecule has 12 heteroatoms. The molecule has 12 nitrogen and oxygen atoms in total. The molecular formula is C65H102O12. The zero-order valence-electron chi connectivity index (χ0n) is 47.7. The zero-order valence-corrected chi connectivity index (χ0v) is 47.7. The molecule has 6 unspecified atom stereocenters. The van der Waals surface area contributed by atoms with E-state index in [1.54, 1.807) is 0 Å². The van der Waals surface area contributed by atoms with Gasteiger partial charge < -0.3 is 39.0 Å². The molecule has 1 fully saturated rings. The fourth-order valence-electron chi connectivity index (χ4n) is 8.05. The Balaban J connectivity index is 2.77. The van der Waals surface area contributed by atoms with Gasteiger partial charge in [-0.3, -0.25) is 14.4 Å². The van der Waals surface area contributed by atoms with E-state index in [1.165, 1.54) is 38.5 Å². The number of aliphatic hydroxyl groups excluding tert-OH is 2. The third-order valence-corrected chi connectivity index (χ3v) is 12.5. The summed E-state index contributed by atoms with van der Waals surface area (Å²) in [6, 6.07) is 0. The predicted octanol–water partition coefficient (Wildman–Crippen LogP) is 15.2. The Bertz CT molecular complexity index is 1800. The molecule has 0 aromatic heterocycles. The summed E-state index contributed by atoms with van der Waals surface area (Å²) >= 11 is 0. The lowest BCUT2D eigenvalue weighted by Gasteiger charge is -2.40. The molecule has 1 saturated heterocycles. The van der Waals surface area contributed by atoms with Gasteiger partial charge in [0.1, 0.15) is 18.8 Å². The lowest BCUT2D eigenvalue weighted by Crippen LogP contribution is -2.61. The van der Waals surface area contributed by atoms with Gasteiger partial charge in [-0.15, -0.1) is 0 Å². The molecule has 0 amide bonds. The summed E-state index contributed by atoms with van der Waals surface area (Å²) in [6.07, 6.45) is 59.0. The van der Waals surface area contributed by atoms with Gasteiger partial charge in [-0.2, -0.15) is 0 Å². The first-order chi connectivity index (χ1) is 37.6. The largest absolute Gasteiger partial charge is 0.479 e. The predicted molar refractivity (Wildman–Crippen MR) is 312 cm³/mol. The molecule has 0 radical (unpaired) electrons. The summed E-state index contributed by atoms with van der Waals surface area (Å²) in [7, 11) is 0. The van der Waals surface area contributed by atoms with Crippen LogP contribution in [0.2, 0.25) is 0 Å². The molecule has 1 aliphatic rings. The minimum Gasteiger partial charge on any atom is -0.479 e. The molecule has 0 aromatic rings. The van der Waals surface area contributed by atoms with E-state index in [2.05, 4.69) is 130 Å². The number of aliphatic hydroxyl groups is 2. The Kier molecular flexibility index (Phi) is 47.2. The van der Waals surface area contributed by atoms with Crippen LogP contribution in [0.25, 0.3) is 0 Å². The van der Waals surface area contributed by atoms with Crippen LogP contribution in [0, 0.1) is 0 Å². The van der Waals surface area contributed by atoms with E-state index in [1.807, 2.05) is 12.2 Å². The van der Waals surface area contributed by atoms with Crippen molar-refractivity contribution in [2.24, 2.45) is 0 Å². The van der Waals surface area contributed by atoms with Crippen LogP contribution < -0.4 is 0 Å². The van der Waals surface area contributed by atoms with Gasteiger partial charge in [-0.05, 0) is 116 Å². The second-order valence-electron chi connectivity index (χ2n) is 19.5. The normalized spacial score (nSPS) is 18.9. The van der Waals surface area contributed by atoms with Gasteiger partial charge in [0.05, 0.1) is 6.61 Å². The number of carboxylic acid groups (broad SMARTS) is 1. The Morgan fingerprint density at radius 3 is 1.32 bits per heavy atom. The van der Waals surface area contributed by atoms with Gasteiger partial charge in [0.2, 0.25) is 0 Å². The van der Waals surface area contributed by atoms with E-state index in [0.717, 1.165) is 116 Å². The number of rotatable bonds is 48. The lowest BCUT2D eigenvalue weighted by atomic mass is 9.98. The molecule has 6 atom stereocenters. The Labute approximate surface area is 465 Å². The summed E-state index contributed by atoms with van der Waals surface area (Å²) < 4.78 is 28.3. The first-order valence-electron chi connectivity index (χ1n) is 29.5. The maximum Gasteiger partial charge on any atom is 0.335 e. The van der Waals surface area contributed by atoms with E-state index in [-0.39, 0.29) is 25.9 Å². The molecule has 1 rings (SSSR count). The van der Waals surface area contributed by atoms with Crippen molar-refractivity contribution >= 4 is 23.9 Å². The highest BCUT2D eigenvalue weighted by Crippen LogP contribution is 2.26. The standard InChI is InChI=1S/C65H102O12/c1-4-7-10-13-16-19-22-25-27-28-29-30-32-34-36-39-42-45-48-51-57(66)73-54-56(75-58(67)52-49-46-43-40-38-35-31-26-23-20-17-14-11-8-5-2)55-74-65-63(61(70)60(69)62(77-65)64(71)72)76-59(68)53-50-47-44-41-37-33-24-21-18-15-12-9-6-3/h7,9-10,12,16,18-19,21,25-27,29-31,33-34,36-37,42,45,56,60-63,65,69-70H,4-6,8,11,13-15,17,20,22-24,28,32,35,38-41,43-44,46-55H2,1-3H3,(H,71,72)/b10-7-,12-9-,19-16-,21-18-,27-25-,30-29-,31-26-,36-34-,37-33-,45-42-. The maximum atomic E-state index is 13.1. The molecule has 0 aromatic carbocycles. The number of ether oxygens (including phenoxy) is 5. The average Bonchev–Trinajstić information content (AvgIpc) is 3.42. The Hall–Kier alpha value is -4.88.